The molecular weight excluding hydrogens is 216 g/mol. The standard InChI is InChI=1S/C14H10O3/c15-13(14(16)17)12-8-4-7-11(9-12)10-5-2-1-3-6-10/h1-9H,(H,16,17). The number of aliphatic carboxylic acids is 1. The van der Waals surface area contributed by atoms with Crippen molar-refractivity contribution in [3.63, 3.8) is 0 Å². The number of benzene rings is 2. The summed E-state index contributed by atoms with van der Waals surface area (Å²) in [6, 6.07) is 16.1. The number of carboxylic acids is 1. The maximum absolute atomic E-state index is 11.3. The van der Waals surface area contributed by atoms with Crippen LogP contribution in [0.5, 0.6) is 0 Å². The van der Waals surface area contributed by atoms with Crippen LogP contribution < -0.4 is 0 Å². The molecule has 0 saturated heterocycles. The molecule has 0 radical (unpaired) electrons. The minimum atomic E-state index is -1.43. The molecule has 2 aromatic rings. The van der Waals surface area contributed by atoms with Crippen molar-refractivity contribution < 1.29 is 14.7 Å². The highest BCUT2D eigenvalue weighted by molar-refractivity contribution is 6.39. The summed E-state index contributed by atoms with van der Waals surface area (Å²) in [6.45, 7) is 0. The van der Waals surface area contributed by atoms with Gasteiger partial charge in [0, 0.05) is 5.56 Å². The molecule has 0 fully saturated rings. The topological polar surface area (TPSA) is 54.4 Å². The Hall–Kier alpha value is -2.42. The second-order valence-corrected chi connectivity index (χ2v) is 3.58. The van der Waals surface area contributed by atoms with Crippen molar-refractivity contribution in [2.45, 2.75) is 0 Å². The van der Waals surface area contributed by atoms with Gasteiger partial charge in [0.05, 0.1) is 0 Å². The van der Waals surface area contributed by atoms with Crippen LogP contribution in [0.1, 0.15) is 10.4 Å². The Morgan fingerprint density at radius 2 is 1.47 bits per heavy atom. The fraction of sp³-hybridized carbons (Fsp3) is 0. The van der Waals surface area contributed by atoms with Crippen LogP contribution in [0.3, 0.4) is 0 Å². The molecule has 1 N–H and O–H groups in total. The van der Waals surface area contributed by atoms with E-state index in [9.17, 15) is 9.59 Å². The van der Waals surface area contributed by atoms with Gasteiger partial charge in [-0.1, -0.05) is 48.5 Å². The fourth-order valence-corrected chi connectivity index (χ4v) is 1.59. The molecule has 0 bridgehead atoms. The number of carbonyl (C=O) groups excluding carboxylic acids is 1. The summed E-state index contributed by atoms with van der Waals surface area (Å²) < 4.78 is 0. The first-order chi connectivity index (χ1) is 8.18. The summed E-state index contributed by atoms with van der Waals surface area (Å²) in [5, 5.41) is 8.65. The second kappa shape index (κ2) is 4.61. The number of carboxylic acid groups (broad SMARTS) is 1. The second-order valence-electron chi connectivity index (χ2n) is 3.58. The number of hydrogen-bond donors (Lipinski definition) is 1. The molecule has 0 aliphatic rings. The molecule has 0 spiro atoms. The van der Waals surface area contributed by atoms with E-state index in [1.54, 1.807) is 12.1 Å². The van der Waals surface area contributed by atoms with E-state index in [2.05, 4.69) is 0 Å². The minimum Gasteiger partial charge on any atom is -0.475 e. The van der Waals surface area contributed by atoms with Crippen molar-refractivity contribution >= 4 is 11.8 Å². The number of carbonyl (C=O) groups is 2. The lowest BCUT2D eigenvalue weighted by atomic mass is 10.0. The quantitative estimate of drug-likeness (QED) is 0.646. The Bertz CT molecular complexity index is 559. The highest BCUT2D eigenvalue weighted by Gasteiger charge is 2.14. The van der Waals surface area contributed by atoms with Gasteiger partial charge in [-0.25, -0.2) is 4.79 Å². The molecular formula is C14H10O3. The average molecular weight is 226 g/mol. The van der Waals surface area contributed by atoms with Gasteiger partial charge >= 0.3 is 5.97 Å². The maximum Gasteiger partial charge on any atom is 0.377 e. The van der Waals surface area contributed by atoms with Gasteiger partial charge in [-0.2, -0.15) is 0 Å². The fourth-order valence-electron chi connectivity index (χ4n) is 1.59. The van der Waals surface area contributed by atoms with E-state index in [-0.39, 0.29) is 5.56 Å². The van der Waals surface area contributed by atoms with E-state index >= 15 is 0 Å². The molecule has 0 saturated carbocycles. The maximum atomic E-state index is 11.3. The average Bonchev–Trinajstić information content (AvgIpc) is 2.39. The van der Waals surface area contributed by atoms with Crippen LogP contribution in [0.4, 0.5) is 0 Å². The van der Waals surface area contributed by atoms with Crippen LogP contribution in [0.15, 0.2) is 54.6 Å². The number of hydrogen-bond acceptors (Lipinski definition) is 2. The first kappa shape index (κ1) is 11.1. The van der Waals surface area contributed by atoms with E-state index in [1.165, 1.54) is 6.07 Å². The van der Waals surface area contributed by atoms with Crippen molar-refractivity contribution in [1.29, 1.82) is 0 Å². The zero-order valence-electron chi connectivity index (χ0n) is 8.96. The molecule has 84 valence electrons. The zero-order chi connectivity index (χ0) is 12.3. The summed E-state index contributed by atoms with van der Waals surface area (Å²) >= 11 is 0. The molecule has 3 heteroatoms. The molecule has 0 amide bonds. The number of rotatable bonds is 3. The third kappa shape index (κ3) is 2.39. The normalized spacial score (nSPS) is 9.88. The van der Waals surface area contributed by atoms with E-state index in [1.807, 2.05) is 36.4 Å². The van der Waals surface area contributed by atoms with Crippen molar-refractivity contribution in [2.24, 2.45) is 0 Å². The predicted octanol–water partition coefficient (Wildman–Crippen LogP) is 2.62. The number of ketones is 1. The Balaban J connectivity index is 2.42. The van der Waals surface area contributed by atoms with Gasteiger partial charge in [0.25, 0.3) is 5.78 Å². The Kier molecular flexibility index (Phi) is 3.01. The van der Waals surface area contributed by atoms with Gasteiger partial charge in [-0.05, 0) is 17.2 Å². The lowest BCUT2D eigenvalue weighted by molar-refractivity contribution is -0.131. The van der Waals surface area contributed by atoms with Crippen molar-refractivity contribution in [1.82, 2.24) is 0 Å². The summed E-state index contributed by atoms with van der Waals surface area (Å²) in [7, 11) is 0. The zero-order valence-corrected chi connectivity index (χ0v) is 8.96. The van der Waals surface area contributed by atoms with Gasteiger partial charge in [0.2, 0.25) is 0 Å². The van der Waals surface area contributed by atoms with Gasteiger partial charge in [-0.15, -0.1) is 0 Å². The summed E-state index contributed by atoms with van der Waals surface area (Å²) in [6.07, 6.45) is 0. The predicted molar refractivity (Wildman–Crippen MR) is 63.8 cm³/mol. The minimum absolute atomic E-state index is 0.193. The Morgan fingerprint density at radius 1 is 0.824 bits per heavy atom. The van der Waals surface area contributed by atoms with E-state index in [4.69, 9.17) is 5.11 Å². The summed E-state index contributed by atoms with van der Waals surface area (Å²) in [5.74, 6) is -2.32. The van der Waals surface area contributed by atoms with Crippen LogP contribution >= 0.6 is 0 Å². The van der Waals surface area contributed by atoms with E-state index in [0.717, 1.165) is 11.1 Å². The first-order valence-corrected chi connectivity index (χ1v) is 5.11. The van der Waals surface area contributed by atoms with Gasteiger partial charge in [0.15, 0.2) is 0 Å². The van der Waals surface area contributed by atoms with Crippen molar-refractivity contribution in [3.8, 4) is 11.1 Å². The monoisotopic (exact) mass is 226 g/mol. The van der Waals surface area contributed by atoms with E-state index < -0.39 is 11.8 Å². The molecule has 2 rings (SSSR count). The Labute approximate surface area is 98.3 Å². The molecule has 0 heterocycles. The molecule has 0 aliphatic carbocycles. The van der Waals surface area contributed by atoms with Crippen molar-refractivity contribution in [3.05, 3.63) is 60.2 Å². The molecule has 0 unspecified atom stereocenters. The number of Topliss-reactive ketones (excluding diaryl/α,β-unsaturated/α-hetero) is 1. The molecule has 0 aromatic heterocycles. The van der Waals surface area contributed by atoms with Crippen LogP contribution in [-0.2, 0) is 4.79 Å². The van der Waals surface area contributed by atoms with Crippen LogP contribution in [0.25, 0.3) is 11.1 Å². The molecule has 3 nitrogen and oxygen atoms in total. The van der Waals surface area contributed by atoms with E-state index in [0.29, 0.717) is 0 Å². The van der Waals surface area contributed by atoms with Gasteiger partial charge in [-0.3, -0.25) is 4.79 Å². The third-order valence-electron chi connectivity index (χ3n) is 2.43. The lowest BCUT2D eigenvalue weighted by Gasteiger charge is -2.03. The lowest BCUT2D eigenvalue weighted by Crippen LogP contribution is -2.12. The van der Waals surface area contributed by atoms with Crippen LogP contribution in [-0.4, -0.2) is 16.9 Å². The third-order valence-corrected chi connectivity index (χ3v) is 2.43. The molecule has 0 atom stereocenters. The largest absolute Gasteiger partial charge is 0.475 e. The molecule has 0 aliphatic heterocycles. The van der Waals surface area contributed by atoms with Gasteiger partial charge < -0.3 is 5.11 Å². The SMILES string of the molecule is O=C(O)C(=O)c1cccc(-c2ccccc2)c1. The molecule has 2 aromatic carbocycles. The summed E-state index contributed by atoms with van der Waals surface area (Å²) in [4.78, 5) is 21.9. The highest BCUT2D eigenvalue weighted by Crippen LogP contribution is 2.20. The molecule has 17 heavy (non-hydrogen) atoms. The van der Waals surface area contributed by atoms with Crippen molar-refractivity contribution in [2.75, 3.05) is 0 Å². The van der Waals surface area contributed by atoms with Gasteiger partial charge in [0.1, 0.15) is 0 Å². The highest BCUT2D eigenvalue weighted by atomic mass is 16.4. The smallest absolute Gasteiger partial charge is 0.377 e. The Morgan fingerprint density at radius 3 is 2.12 bits per heavy atom. The van der Waals surface area contributed by atoms with Crippen LogP contribution in [0.2, 0.25) is 0 Å². The first-order valence-electron chi connectivity index (χ1n) is 5.11. The summed E-state index contributed by atoms with van der Waals surface area (Å²) in [5.41, 5.74) is 1.98. The van der Waals surface area contributed by atoms with Crippen LogP contribution in [0, 0.1) is 0 Å².